The van der Waals surface area contributed by atoms with E-state index >= 15 is 0 Å². The van der Waals surface area contributed by atoms with E-state index in [4.69, 9.17) is 20.3 Å². The van der Waals surface area contributed by atoms with Crippen LogP contribution in [0, 0.1) is 0 Å². The molecule has 0 bridgehead atoms. The Bertz CT molecular complexity index is 1350. The standard InChI is InChI=1S/C25H27N7O3/c1-25(2,3)35-24(33)31-12-11-17(14-31)32-23-20(22(26)28-15-29-23)21(30-32)16-9-10-19(27-13-16)34-18-7-5-4-6-8-18/h4-10,13,15,17H,11-12,14H2,1-3H3,(H2,26,28,29)/t17-/m1/s1. The number of nitrogens with two attached hydrogens (primary N) is 1. The van der Waals surface area contributed by atoms with Crippen molar-refractivity contribution in [1.82, 2.24) is 29.6 Å². The summed E-state index contributed by atoms with van der Waals surface area (Å²) >= 11 is 0. The molecule has 3 aromatic heterocycles. The molecule has 0 aliphatic carbocycles. The Balaban J connectivity index is 1.43. The van der Waals surface area contributed by atoms with Crippen LogP contribution in [-0.2, 0) is 4.74 Å². The van der Waals surface area contributed by atoms with Crippen molar-refractivity contribution < 1.29 is 14.3 Å². The number of hydrogen-bond donors (Lipinski definition) is 1. The lowest BCUT2D eigenvalue weighted by Gasteiger charge is -2.24. The molecule has 0 radical (unpaired) electrons. The molecule has 1 amide bonds. The van der Waals surface area contributed by atoms with E-state index in [0.717, 1.165) is 12.0 Å². The number of nitrogens with zero attached hydrogens (tertiary/aromatic N) is 6. The molecule has 1 aliphatic rings. The lowest BCUT2D eigenvalue weighted by Crippen LogP contribution is -2.35. The van der Waals surface area contributed by atoms with Gasteiger partial charge in [-0.05, 0) is 45.4 Å². The van der Waals surface area contributed by atoms with Crippen LogP contribution in [0.15, 0.2) is 55.0 Å². The van der Waals surface area contributed by atoms with E-state index in [-0.39, 0.29) is 12.1 Å². The average Bonchev–Trinajstić information content (AvgIpc) is 3.45. The average molecular weight is 474 g/mol. The molecule has 0 unspecified atom stereocenters. The zero-order valence-electron chi connectivity index (χ0n) is 19.9. The number of anilines is 1. The number of para-hydroxylation sites is 1. The molecular weight excluding hydrogens is 446 g/mol. The Morgan fingerprint density at radius 2 is 1.89 bits per heavy atom. The minimum atomic E-state index is -0.550. The van der Waals surface area contributed by atoms with E-state index in [9.17, 15) is 4.79 Å². The molecule has 2 N–H and O–H groups in total. The first-order valence-electron chi connectivity index (χ1n) is 11.4. The molecule has 5 rings (SSSR count). The van der Waals surface area contributed by atoms with E-state index in [1.807, 2.05) is 61.9 Å². The molecule has 1 saturated heterocycles. The van der Waals surface area contributed by atoms with Crippen molar-refractivity contribution in [2.45, 2.75) is 38.8 Å². The minimum absolute atomic E-state index is 0.0679. The van der Waals surface area contributed by atoms with Gasteiger partial charge in [-0.3, -0.25) is 0 Å². The van der Waals surface area contributed by atoms with Gasteiger partial charge in [0.05, 0.1) is 11.4 Å². The van der Waals surface area contributed by atoms with Crippen molar-refractivity contribution in [2.24, 2.45) is 0 Å². The Kier molecular flexibility index (Phi) is 5.72. The number of amides is 1. The maximum Gasteiger partial charge on any atom is 0.410 e. The number of fused-ring (bicyclic) bond motifs is 1. The fourth-order valence-corrected chi connectivity index (χ4v) is 4.08. The van der Waals surface area contributed by atoms with Gasteiger partial charge < -0.3 is 20.1 Å². The summed E-state index contributed by atoms with van der Waals surface area (Å²) in [6.45, 7) is 6.61. The number of likely N-dealkylation sites (tertiary alicyclic amines) is 1. The van der Waals surface area contributed by atoms with Crippen LogP contribution in [0.25, 0.3) is 22.3 Å². The highest BCUT2D eigenvalue weighted by Gasteiger charge is 2.33. The van der Waals surface area contributed by atoms with E-state index in [2.05, 4.69) is 15.0 Å². The summed E-state index contributed by atoms with van der Waals surface area (Å²) in [6, 6.07) is 13.1. The molecule has 4 aromatic rings. The van der Waals surface area contributed by atoms with Gasteiger partial charge in [0.25, 0.3) is 0 Å². The van der Waals surface area contributed by atoms with Crippen molar-refractivity contribution in [3.05, 3.63) is 55.0 Å². The predicted octanol–water partition coefficient (Wildman–Crippen LogP) is 4.44. The molecule has 1 fully saturated rings. The van der Waals surface area contributed by atoms with Crippen LogP contribution in [0.2, 0.25) is 0 Å². The summed E-state index contributed by atoms with van der Waals surface area (Å²) in [6.07, 6.45) is 3.51. The zero-order valence-corrected chi connectivity index (χ0v) is 19.9. The molecule has 35 heavy (non-hydrogen) atoms. The number of carbonyl (C=O) groups is 1. The number of aromatic nitrogens is 5. The van der Waals surface area contributed by atoms with Crippen molar-refractivity contribution in [2.75, 3.05) is 18.8 Å². The van der Waals surface area contributed by atoms with Crippen LogP contribution in [0.3, 0.4) is 0 Å². The van der Waals surface area contributed by atoms with Crippen LogP contribution < -0.4 is 10.5 Å². The number of carbonyl (C=O) groups excluding carboxylic acids is 1. The minimum Gasteiger partial charge on any atom is -0.444 e. The molecule has 0 spiro atoms. The summed E-state index contributed by atoms with van der Waals surface area (Å²) in [5, 5.41) is 5.51. The Morgan fingerprint density at radius 3 is 2.60 bits per heavy atom. The van der Waals surface area contributed by atoms with Crippen LogP contribution in [0.1, 0.15) is 33.2 Å². The highest BCUT2D eigenvalue weighted by atomic mass is 16.6. The molecule has 1 aliphatic heterocycles. The topological polar surface area (TPSA) is 121 Å². The van der Waals surface area contributed by atoms with Gasteiger partial charge in [-0.25, -0.2) is 24.4 Å². The van der Waals surface area contributed by atoms with Gasteiger partial charge in [0.15, 0.2) is 5.65 Å². The monoisotopic (exact) mass is 473 g/mol. The summed E-state index contributed by atoms with van der Waals surface area (Å²) in [5.74, 6) is 1.51. The van der Waals surface area contributed by atoms with E-state index < -0.39 is 5.60 Å². The van der Waals surface area contributed by atoms with Crippen LogP contribution in [0.4, 0.5) is 10.6 Å². The SMILES string of the molecule is CC(C)(C)OC(=O)N1CC[C@@H](n2nc(-c3ccc(Oc4ccccc4)nc3)c3c(N)ncnc32)C1. The van der Waals surface area contributed by atoms with Crippen molar-refractivity contribution in [3.63, 3.8) is 0 Å². The third-order valence-electron chi connectivity index (χ3n) is 5.65. The van der Waals surface area contributed by atoms with Crippen molar-refractivity contribution in [3.8, 4) is 22.9 Å². The smallest absolute Gasteiger partial charge is 0.410 e. The predicted molar refractivity (Wildman–Crippen MR) is 131 cm³/mol. The molecule has 0 saturated carbocycles. The van der Waals surface area contributed by atoms with Gasteiger partial charge in [-0.2, -0.15) is 5.10 Å². The highest BCUT2D eigenvalue weighted by Crippen LogP contribution is 2.34. The number of ether oxygens (including phenoxy) is 2. The quantitative estimate of drug-likeness (QED) is 0.462. The van der Waals surface area contributed by atoms with E-state index in [1.54, 1.807) is 17.2 Å². The van der Waals surface area contributed by atoms with Gasteiger partial charge in [-0.15, -0.1) is 0 Å². The zero-order chi connectivity index (χ0) is 24.6. The molecule has 1 atom stereocenters. The molecule has 4 heterocycles. The second-order valence-electron chi connectivity index (χ2n) is 9.42. The Hall–Kier alpha value is -4.21. The normalized spacial score (nSPS) is 16.0. The number of nitrogen functional groups attached to an aromatic ring is 1. The fourth-order valence-electron chi connectivity index (χ4n) is 4.08. The van der Waals surface area contributed by atoms with Crippen molar-refractivity contribution in [1.29, 1.82) is 0 Å². The summed E-state index contributed by atoms with van der Waals surface area (Å²) in [4.78, 5) is 27.3. The first-order chi connectivity index (χ1) is 16.8. The lowest BCUT2D eigenvalue weighted by molar-refractivity contribution is 0.0288. The van der Waals surface area contributed by atoms with Crippen LogP contribution in [-0.4, -0.2) is 54.4 Å². The number of pyridine rings is 1. The molecule has 10 nitrogen and oxygen atoms in total. The third-order valence-corrected chi connectivity index (χ3v) is 5.65. The lowest BCUT2D eigenvalue weighted by atomic mass is 10.1. The van der Waals surface area contributed by atoms with Gasteiger partial charge in [0.1, 0.15) is 29.2 Å². The number of hydrogen-bond acceptors (Lipinski definition) is 8. The fraction of sp³-hybridized carbons (Fsp3) is 0.320. The van der Waals surface area contributed by atoms with Crippen LogP contribution >= 0.6 is 0 Å². The molecule has 1 aromatic carbocycles. The van der Waals surface area contributed by atoms with Gasteiger partial charge >= 0.3 is 6.09 Å². The van der Waals surface area contributed by atoms with Gasteiger partial charge in [0.2, 0.25) is 5.88 Å². The number of benzene rings is 1. The summed E-state index contributed by atoms with van der Waals surface area (Å²) < 4.78 is 13.2. The van der Waals surface area contributed by atoms with Crippen molar-refractivity contribution >= 4 is 22.9 Å². The Morgan fingerprint density at radius 1 is 1.09 bits per heavy atom. The molecular formula is C25H27N7O3. The summed E-state index contributed by atoms with van der Waals surface area (Å²) in [7, 11) is 0. The first kappa shape index (κ1) is 22.6. The number of rotatable bonds is 4. The van der Waals surface area contributed by atoms with E-state index in [1.165, 1.54) is 6.33 Å². The Labute approximate surface area is 202 Å². The second-order valence-corrected chi connectivity index (χ2v) is 9.42. The third kappa shape index (κ3) is 4.72. The largest absolute Gasteiger partial charge is 0.444 e. The second kappa shape index (κ2) is 8.86. The van der Waals surface area contributed by atoms with Gasteiger partial charge in [-0.1, -0.05) is 18.2 Å². The van der Waals surface area contributed by atoms with Crippen LogP contribution in [0.5, 0.6) is 11.6 Å². The maximum absolute atomic E-state index is 12.6. The highest BCUT2D eigenvalue weighted by molar-refractivity contribution is 5.98. The maximum atomic E-state index is 12.6. The first-order valence-corrected chi connectivity index (χ1v) is 11.4. The van der Waals surface area contributed by atoms with E-state index in [0.29, 0.717) is 47.3 Å². The molecule has 180 valence electrons. The molecule has 10 heteroatoms. The van der Waals surface area contributed by atoms with Gasteiger partial charge in [0, 0.05) is 30.9 Å². The summed E-state index contributed by atoms with van der Waals surface area (Å²) in [5.41, 5.74) is 7.71.